The van der Waals surface area contributed by atoms with E-state index in [4.69, 9.17) is 5.73 Å². The molecule has 9 heteroatoms. The number of nitrogens with two attached hydrogens (primary N) is 1. The summed E-state index contributed by atoms with van der Waals surface area (Å²) in [4.78, 5) is 18.9. The number of alkyl halides is 1. The molecule has 31 heavy (non-hydrogen) atoms. The lowest BCUT2D eigenvalue weighted by molar-refractivity contribution is -0.0438. The molecule has 1 aliphatic heterocycles. The quantitative estimate of drug-likeness (QED) is 0.782. The topological polar surface area (TPSA) is 95.0 Å². The number of rotatable bonds is 4. The maximum absolute atomic E-state index is 14.3. The molecule has 1 amide bonds. The standard InChI is InChI=1S/C22H20F3N5O/c23-13-1-12(2-14(24)3-13)19-18(7-26)28-8-15(20(19)30-9-16(25)17(27)10-30)21(31)29-22-4-11(5-22)6-22/h1-3,8,11,16-17H,4-6,9-10,27H2,(H,29,31)/t11?,16-,17-,22?/m1/s1. The Labute approximate surface area is 176 Å². The number of nitrogens with one attached hydrogen (secondary N) is 1. The Bertz CT molecular complexity index is 1080. The summed E-state index contributed by atoms with van der Waals surface area (Å²) in [7, 11) is 0. The second-order valence-electron chi connectivity index (χ2n) is 8.81. The fourth-order valence-electron chi connectivity index (χ4n) is 4.96. The highest BCUT2D eigenvalue weighted by atomic mass is 19.1. The van der Waals surface area contributed by atoms with Crippen LogP contribution in [0.25, 0.3) is 11.1 Å². The van der Waals surface area contributed by atoms with E-state index in [0.717, 1.165) is 31.4 Å². The van der Waals surface area contributed by atoms with E-state index >= 15 is 0 Å². The highest BCUT2D eigenvalue weighted by Gasteiger charge is 2.57. The van der Waals surface area contributed by atoms with E-state index in [2.05, 4.69) is 10.3 Å². The summed E-state index contributed by atoms with van der Waals surface area (Å²) in [6, 6.07) is 3.98. The van der Waals surface area contributed by atoms with Crippen LogP contribution in [0.15, 0.2) is 24.4 Å². The van der Waals surface area contributed by atoms with Crippen LogP contribution in [0.1, 0.15) is 35.3 Å². The number of carbonyl (C=O) groups excluding carboxylic acids is 1. The van der Waals surface area contributed by atoms with Gasteiger partial charge >= 0.3 is 0 Å². The van der Waals surface area contributed by atoms with Gasteiger partial charge in [0.25, 0.3) is 5.91 Å². The van der Waals surface area contributed by atoms with Crippen molar-refractivity contribution in [3.05, 3.63) is 47.3 Å². The molecule has 2 aromatic rings. The number of carbonyl (C=O) groups is 1. The lowest BCUT2D eigenvalue weighted by Crippen LogP contribution is -2.68. The summed E-state index contributed by atoms with van der Waals surface area (Å²) >= 11 is 0. The molecule has 2 bridgehead atoms. The molecule has 3 saturated carbocycles. The van der Waals surface area contributed by atoms with E-state index in [0.29, 0.717) is 12.0 Å². The van der Waals surface area contributed by atoms with Gasteiger partial charge in [-0.15, -0.1) is 0 Å². The smallest absolute Gasteiger partial charge is 0.255 e. The first-order chi connectivity index (χ1) is 14.8. The number of aromatic nitrogens is 1. The fourth-order valence-corrected chi connectivity index (χ4v) is 4.96. The predicted molar refractivity (Wildman–Crippen MR) is 107 cm³/mol. The Balaban J connectivity index is 1.67. The van der Waals surface area contributed by atoms with Gasteiger partial charge in [0, 0.05) is 29.9 Å². The van der Waals surface area contributed by atoms with Gasteiger partial charge in [-0.2, -0.15) is 5.26 Å². The number of halogens is 3. The average Bonchev–Trinajstić information content (AvgIpc) is 2.99. The maximum Gasteiger partial charge on any atom is 0.255 e. The molecular formula is C22H20F3N5O. The summed E-state index contributed by atoms with van der Waals surface area (Å²) in [6.07, 6.45) is 2.68. The summed E-state index contributed by atoms with van der Waals surface area (Å²) < 4.78 is 42.3. The molecule has 6 nitrogen and oxygen atoms in total. The Hall–Kier alpha value is -3.12. The molecule has 0 unspecified atom stereocenters. The zero-order chi connectivity index (χ0) is 21.9. The molecule has 3 N–H and O–H groups in total. The zero-order valence-electron chi connectivity index (χ0n) is 16.5. The fraction of sp³-hybridized carbons (Fsp3) is 0.409. The number of nitriles is 1. The van der Waals surface area contributed by atoms with Crippen molar-refractivity contribution in [2.75, 3.05) is 18.0 Å². The van der Waals surface area contributed by atoms with Crippen LogP contribution in [0.4, 0.5) is 18.9 Å². The molecule has 2 heterocycles. The highest BCUT2D eigenvalue weighted by Crippen LogP contribution is 2.57. The minimum Gasteiger partial charge on any atom is -0.366 e. The molecule has 2 atom stereocenters. The van der Waals surface area contributed by atoms with Gasteiger partial charge in [0.2, 0.25) is 0 Å². The summed E-state index contributed by atoms with van der Waals surface area (Å²) in [5.74, 6) is -1.43. The van der Waals surface area contributed by atoms with Crippen LogP contribution in [0.5, 0.6) is 0 Å². The number of nitrogens with zero attached hydrogens (tertiary/aromatic N) is 3. The maximum atomic E-state index is 14.3. The van der Waals surface area contributed by atoms with E-state index < -0.39 is 29.8 Å². The SMILES string of the molecule is N#Cc1ncc(C(=O)NC23CC(C2)C3)c(N2C[C@@H](N)[C@H](F)C2)c1-c1cc(F)cc(F)c1. The first-order valence-electron chi connectivity index (χ1n) is 10.2. The normalized spacial score (nSPS) is 28.5. The molecule has 0 radical (unpaired) electrons. The Morgan fingerprint density at radius 3 is 2.42 bits per heavy atom. The Morgan fingerprint density at radius 1 is 1.23 bits per heavy atom. The summed E-state index contributed by atoms with van der Waals surface area (Å²) in [6.45, 7) is -0.0112. The molecule has 4 aliphatic rings. The van der Waals surface area contributed by atoms with Crippen molar-refractivity contribution in [3.8, 4) is 17.2 Å². The molecular weight excluding hydrogens is 407 g/mol. The van der Waals surface area contributed by atoms with Gasteiger partial charge in [0.15, 0.2) is 0 Å². The third kappa shape index (κ3) is 3.22. The summed E-state index contributed by atoms with van der Waals surface area (Å²) in [5.41, 5.74) is 6.01. The first-order valence-corrected chi connectivity index (χ1v) is 10.2. The highest BCUT2D eigenvalue weighted by molar-refractivity contribution is 6.04. The van der Waals surface area contributed by atoms with Gasteiger partial charge in [0.05, 0.1) is 23.8 Å². The summed E-state index contributed by atoms with van der Waals surface area (Å²) in [5, 5.41) is 12.7. The molecule has 1 aromatic carbocycles. The van der Waals surface area contributed by atoms with Crippen LogP contribution in [-0.2, 0) is 0 Å². The number of pyridine rings is 1. The first kappa shape index (κ1) is 19.8. The largest absolute Gasteiger partial charge is 0.366 e. The minimum atomic E-state index is -1.34. The van der Waals surface area contributed by atoms with Crippen LogP contribution >= 0.6 is 0 Å². The zero-order valence-corrected chi connectivity index (χ0v) is 16.5. The molecule has 1 saturated heterocycles. The molecule has 160 valence electrons. The molecule has 4 fully saturated rings. The van der Waals surface area contributed by atoms with E-state index in [9.17, 15) is 23.2 Å². The number of anilines is 1. The van der Waals surface area contributed by atoms with Crippen LogP contribution in [-0.4, -0.2) is 41.7 Å². The number of benzene rings is 1. The van der Waals surface area contributed by atoms with E-state index in [-0.39, 0.29) is 46.7 Å². The van der Waals surface area contributed by atoms with Crippen LogP contribution < -0.4 is 16.0 Å². The van der Waals surface area contributed by atoms with Gasteiger partial charge in [0.1, 0.15) is 29.6 Å². The van der Waals surface area contributed by atoms with Gasteiger partial charge in [-0.25, -0.2) is 18.2 Å². The second kappa shape index (κ2) is 6.95. The molecule has 0 spiro atoms. The Kier molecular flexibility index (Phi) is 4.45. The van der Waals surface area contributed by atoms with Crippen molar-refractivity contribution >= 4 is 11.6 Å². The molecule has 6 rings (SSSR count). The lowest BCUT2D eigenvalue weighted by atomic mass is 9.50. The van der Waals surface area contributed by atoms with Crippen molar-refractivity contribution in [3.63, 3.8) is 0 Å². The predicted octanol–water partition coefficient (Wildman–Crippen LogP) is 2.67. The molecule has 3 aliphatic carbocycles. The van der Waals surface area contributed by atoms with Crippen molar-refractivity contribution in [1.29, 1.82) is 5.26 Å². The third-order valence-electron chi connectivity index (χ3n) is 6.58. The van der Waals surface area contributed by atoms with E-state index in [1.54, 1.807) is 4.90 Å². The van der Waals surface area contributed by atoms with Crippen molar-refractivity contribution < 1.29 is 18.0 Å². The van der Waals surface area contributed by atoms with Crippen molar-refractivity contribution in [1.82, 2.24) is 10.3 Å². The van der Waals surface area contributed by atoms with Crippen molar-refractivity contribution in [2.24, 2.45) is 11.7 Å². The van der Waals surface area contributed by atoms with Crippen molar-refractivity contribution in [2.45, 2.75) is 37.0 Å². The Morgan fingerprint density at radius 2 is 1.90 bits per heavy atom. The van der Waals surface area contributed by atoms with Crippen LogP contribution in [0.2, 0.25) is 0 Å². The number of amides is 1. The van der Waals surface area contributed by atoms with E-state index in [1.807, 2.05) is 6.07 Å². The van der Waals surface area contributed by atoms with E-state index in [1.165, 1.54) is 6.20 Å². The van der Waals surface area contributed by atoms with Crippen LogP contribution in [0.3, 0.4) is 0 Å². The van der Waals surface area contributed by atoms with Gasteiger partial charge in [-0.3, -0.25) is 4.79 Å². The van der Waals surface area contributed by atoms with Gasteiger partial charge < -0.3 is 16.0 Å². The second-order valence-corrected chi connectivity index (χ2v) is 8.81. The van der Waals surface area contributed by atoms with Gasteiger partial charge in [-0.1, -0.05) is 0 Å². The third-order valence-corrected chi connectivity index (χ3v) is 6.58. The average molecular weight is 427 g/mol. The monoisotopic (exact) mass is 427 g/mol. The van der Waals surface area contributed by atoms with Gasteiger partial charge in [-0.05, 0) is 42.9 Å². The van der Waals surface area contributed by atoms with Crippen LogP contribution in [0, 0.1) is 28.9 Å². The number of hydrogen-bond donors (Lipinski definition) is 2. The number of hydrogen-bond acceptors (Lipinski definition) is 5. The lowest BCUT2D eigenvalue weighted by Gasteiger charge is -2.61. The minimum absolute atomic E-state index is 0.0487. The molecule has 1 aromatic heterocycles.